The highest BCUT2D eigenvalue weighted by Crippen LogP contribution is 2.22. The number of hydrogen-bond acceptors (Lipinski definition) is 8. The second-order valence-electron chi connectivity index (χ2n) is 11.8. The summed E-state index contributed by atoms with van der Waals surface area (Å²) in [5.41, 5.74) is 5.30. The molecule has 1 aliphatic rings. The van der Waals surface area contributed by atoms with Crippen molar-refractivity contribution in [3.63, 3.8) is 0 Å². The Hall–Kier alpha value is -3.71. The minimum absolute atomic E-state index is 0.0704. The molecule has 0 aliphatic carbocycles. The van der Waals surface area contributed by atoms with Gasteiger partial charge < -0.3 is 41.5 Å². The van der Waals surface area contributed by atoms with Gasteiger partial charge in [-0.3, -0.25) is 19.2 Å². The third-order valence-corrected chi connectivity index (χ3v) is 6.73. The lowest BCUT2D eigenvalue weighted by molar-refractivity contribution is -0.144. The molecule has 1 aromatic rings. The van der Waals surface area contributed by atoms with Crippen LogP contribution in [0.3, 0.4) is 0 Å². The highest BCUT2D eigenvalue weighted by Gasteiger charge is 2.44. The number of nitrogens with two attached hydrogens (primary N) is 1. The number of rotatable bonds is 13. The van der Waals surface area contributed by atoms with Crippen LogP contribution in [-0.2, 0) is 30.3 Å². The van der Waals surface area contributed by atoms with Crippen molar-refractivity contribution < 1.29 is 38.9 Å². The summed E-state index contributed by atoms with van der Waals surface area (Å²) in [4.78, 5) is 65.2. The predicted molar refractivity (Wildman–Crippen MR) is 154 cm³/mol. The molecule has 1 aromatic carbocycles. The van der Waals surface area contributed by atoms with Crippen LogP contribution in [0.2, 0.25) is 0 Å². The summed E-state index contributed by atoms with van der Waals surface area (Å²) >= 11 is 0. The lowest BCUT2D eigenvalue weighted by Crippen LogP contribution is -2.60. The van der Waals surface area contributed by atoms with E-state index in [4.69, 9.17) is 10.5 Å². The molecule has 1 heterocycles. The van der Waals surface area contributed by atoms with Crippen molar-refractivity contribution in [2.24, 2.45) is 11.7 Å². The first-order valence-electron chi connectivity index (χ1n) is 14.1. The van der Waals surface area contributed by atoms with Gasteiger partial charge in [0.15, 0.2) is 0 Å². The second-order valence-corrected chi connectivity index (χ2v) is 11.8. The average Bonchev–Trinajstić information content (AvgIpc) is 3.29. The number of aliphatic hydroxyl groups is 2. The average molecular weight is 592 g/mol. The molecule has 0 saturated carbocycles. The Kier molecular flexibility index (Phi) is 12.7. The van der Waals surface area contributed by atoms with E-state index in [1.165, 1.54) is 4.90 Å². The van der Waals surface area contributed by atoms with E-state index in [1.807, 2.05) is 30.3 Å². The van der Waals surface area contributed by atoms with Gasteiger partial charge in [-0.1, -0.05) is 44.2 Å². The molecule has 0 aromatic heterocycles. The summed E-state index contributed by atoms with van der Waals surface area (Å²) in [5, 5.41) is 28.3. The van der Waals surface area contributed by atoms with Gasteiger partial charge >= 0.3 is 6.09 Å². The minimum atomic E-state index is -1.23. The van der Waals surface area contributed by atoms with Gasteiger partial charge in [0.2, 0.25) is 23.6 Å². The van der Waals surface area contributed by atoms with Gasteiger partial charge in [-0.05, 0) is 51.5 Å². The van der Waals surface area contributed by atoms with E-state index in [9.17, 15) is 34.2 Å². The first-order valence-corrected chi connectivity index (χ1v) is 14.1. The van der Waals surface area contributed by atoms with Crippen molar-refractivity contribution in [1.82, 2.24) is 20.9 Å². The maximum Gasteiger partial charge on any atom is 0.408 e. The lowest BCUT2D eigenvalue weighted by atomic mass is 10.0. The Labute approximate surface area is 246 Å². The zero-order valence-corrected chi connectivity index (χ0v) is 25.0. The molecule has 0 radical (unpaired) electrons. The molecule has 0 unspecified atom stereocenters. The van der Waals surface area contributed by atoms with Crippen molar-refractivity contribution in [1.29, 1.82) is 0 Å². The number of amides is 5. The summed E-state index contributed by atoms with van der Waals surface area (Å²) in [6, 6.07) is 5.04. The molecule has 5 amide bonds. The summed E-state index contributed by atoms with van der Waals surface area (Å²) in [5.74, 6) is -3.07. The first kappa shape index (κ1) is 34.5. The number of likely N-dealkylation sites (tertiary alicyclic amines) is 1. The fourth-order valence-corrected chi connectivity index (χ4v) is 4.64. The van der Waals surface area contributed by atoms with Crippen molar-refractivity contribution >= 4 is 29.7 Å². The highest BCUT2D eigenvalue weighted by atomic mass is 16.6. The highest BCUT2D eigenvalue weighted by molar-refractivity contribution is 5.95. The second kappa shape index (κ2) is 15.5. The van der Waals surface area contributed by atoms with Crippen LogP contribution in [0.5, 0.6) is 0 Å². The van der Waals surface area contributed by atoms with E-state index in [2.05, 4.69) is 16.0 Å². The van der Waals surface area contributed by atoms with E-state index < -0.39 is 71.5 Å². The van der Waals surface area contributed by atoms with Crippen LogP contribution in [-0.4, -0.2) is 93.9 Å². The van der Waals surface area contributed by atoms with Gasteiger partial charge in [-0.15, -0.1) is 0 Å². The number of aliphatic hydroxyl groups excluding tert-OH is 2. The van der Waals surface area contributed by atoms with Crippen LogP contribution >= 0.6 is 0 Å². The predicted octanol–water partition coefficient (Wildman–Crippen LogP) is -0.0324. The van der Waals surface area contributed by atoms with Crippen LogP contribution < -0.4 is 21.7 Å². The van der Waals surface area contributed by atoms with Gasteiger partial charge in [-0.2, -0.15) is 0 Å². The van der Waals surface area contributed by atoms with E-state index in [-0.39, 0.29) is 32.4 Å². The van der Waals surface area contributed by atoms with Gasteiger partial charge in [0.25, 0.3) is 0 Å². The fraction of sp³-hybridized carbons (Fsp3) is 0.621. The number of ether oxygens (including phenoxy) is 1. The molecule has 1 fully saturated rings. The summed E-state index contributed by atoms with van der Waals surface area (Å²) in [7, 11) is 0. The maximum absolute atomic E-state index is 13.7. The molecule has 234 valence electrons. The number of benzene rings is 1. The molecule has 0 bridgehead atoms. The summed E-state index contributed by atoms with van der Waals surface area (Å²) in [6.07, 6.45) is -1.87. The zero-order chi connectivity index (χ0) is 31.6. The number of hydrogen-bond donors (Lipinski definition) is 6. The van der Waals surface area contributed by atoms with E-state index in [0.29, 0.717) is 6.42 Å². The molecule has 1 aliphatic heterocycles. The van der Waals surface area contributed by atoms with Crippen LogP contribution in [0.1, 0.15) is 59.4 Å². The van der Waals surface area contributed by atoms with Crippen molar-refractivity contribution in [2.45, 2.75) is 96.2 Å². The molecular formula is C29H45N5O8. The maximum atomic E-state index is 13.7. The SMILES string of the molecule is CC(C)[C@@H](NC(=O)[C@H](CCC(N)=O)NC(=O)OC(C)(C)C)C(=O)N1CC[C@H](O)[C@H]1C(=O)N[C@H](CO)Cc1ccccc1. The van der Waals surface area contributed by atoms with Crippen LogP contribution in [0.25, 0.3) is 0 Å². The number of alkyl carbamates (subject to hydrolysis) is 1. The van der Waals surface area contributed by atoms with E-state index in [1.54, 1.807) is 34.6 Å². The Morgan fingerprint density at radius 3 is 2.26 bits per heavy atom. The number of nitrogens with one attached hydrogen (secondary N) is 3. The van der Waals surface area contributed by atoms with Gasteiger partial charge in [0, 0.05) is 13.0 Å². The Morgan fingerprint density at radius 1 is 1.07 bits per heavy atom. The van der Waals surface area contributed by atoms with Gasteiger partial charge in [0.05, 0.1) is 18.8 Å². The van der Waals surface area contributed by atoms with Gasteiger partial charge in [0.1, 0.15) is 23.7 Å². The van der Waals surface area contributed by atoms with Crippen LogP contribution in [0.4, 0.5) is 4.79 Å². The molecule has 13 heteroatoms. The smallest absolute Gasteiger partial charge is 0.408 e. The van der Waals surface area contributed by atoms with Gasteiger partial charge in [-0.25, -0.2) is 4.79 Å². The summed E-state index contributed by atoms with van der Waals surface area (Å²) in [6.45, 7) is 8.08. The normalized spacial score (nSPS) is 19.0. The molecule has 2 rings (SSSR count). The molecular weight excluding hydrogens is 546 g/mol. The first-order chi connectivity index (χ1) is 19.6. The van der Waals surface area contributed by atoms with Crippen molar-refractivity contribution in [2.75, 3.05) is 13.2 Å². The number of nitrogens with zero attached hydrogens (tertiary/aromatic N) is 1. The van der Waals surface area contributed by atoms with Crippen LogP contribution in [0, 0.1) is 5.92 Å². The van der Waals surface area contributed by atoms with Crippen molar-refractivity contribution in [3.8, 4) is 0 Å². The molecule has 0 spiro atoms. The zero-order valence-electron chi connectivity index (χ0n) is 25.0. The Bertz CT molecular complexity index is 1090. The minimum Gasteiger partial charge on any atom is -0.444 e. The molecule has 42 heavy (non-hydrogen) atoms. The topological polar surface area (TPSA) is 200 Å². The largest absolute Gasteiger partial charge is 0.444 e. The molecule has 13 nitrogen and oxygen atoms in total. The monoisotopic (exact) mass is 591 g/mol. The molecule has 5 atom stereocenters. The third-order valence-electron chi connectivity index (χ3n) is 6.73. The van der Waals surface area contributed by atoms with Crippen molar-refractivity contribution in [3.05, 3.63) is 35.9 Å². The quantitative estimate of drug-likeness (QED) is 0.184. The standard InChI is InChI=1S/C29H45N5O8/c1-17(2)23(33-25(38)20(11-12-22(30)37)32-28(41)42-29(3,4)5)27(40)34-14-13-21(36)24(34)26(39)31-19(16-35)15-18-9-7-6-8-10-18/h6-10,17,19-21,23-24,35-36H,11-16H2,1-5H3,(H2,30,37)(H,31,39)(H,32,41)(H,33,38)/t19-,20-,21-,23+,24-/m0/s1. The number of carbonyl (C=O) groups is 5. The number of carbonyl (C=O) groups excluding carboxylic acids is 5. The number of primary amides is 1. The molecule has 7 N–H and O–H groups in total. The van der Waals surface area contributed by atoms with E-state index >= 15 is 0 Å². The lowest BCUT2D eigenvalue weighted by Gasteiger charge is -2.32. The van der Waals surface area contributed by atoms with Crippen LogP contribution in [0.15, 0.2) is 30.3 Å². The van der Waals surface area contributed by atoms with E-state index in [0.717, 1.165) is 5.56 Å². The Balaban J connectivity index is 2.18. The third kappa shape index (κ3) is 10.6. The molecule has 1 saturated heterocycles. The summed E-state index contributed by atoms with van der Waals surface area (Å²) < 4.78 is 5.23. The Morgan fingerprint density at radius 2 is 1.71 bits per heavy atom. The fourth-order valence-electron chi connectivity index (χ4n) is 4.64.